The van der Waals surface area contributed by atoms with Gasteiger partial charge in [-0.25, -0.2) is 0 Å². The Morgan fingerprint density at radius 2 is 2.00 bits per heavy atom. The van der Waals surface area contributed by atoms with Crippen LogP contribution < -0.4 is 0 Å². The summed E-state index contributed by atoms with van der Waals surface area (Å²) in [5, 5.41) is 0. The van der Waals surface area contributed by atoms with Crippen molar-refractivity contribution in [2.45, 2.75) is 44.4 Å². The molecule has 0 saturated heterocycles. The van der Waals surface area contributed by atoms with Gasteiger partial charge in [-0.1, -0.05) is 32.9 Å². The van der Waals surface area contributed by atoms with Crippen LogP contribution in [0.2, 0.25) is 0 Å². The van der Waals surface area contributed by atoms with Gasteiger partial charge in [0, 0.05) is 11.2 Å². The maximum Gasteiger partial charge on any atom is 0.0501 e. The van der Waals surface area contributed by atoms with Gasteiger partial charge in [-0.2, -0.15) is 0 Å². The third-order valence-electron chi connectivity index (χ3n) is 2.81. The molecule has 1 aromatic carbocycles. The smallest absolute Gasteiger partial charge is 0.0501 e. The standard InChI is InChI=1S/C11H14OS.C2H6/c1-8-6-7-9-4-3-5-10(11(8)9)13(2)12;1-2/h3-5,8H,6-7H2,1-2H3;1-2H3. The first-order valence-corrected chi connectivity index (χ1v) is 7.21. The fourth-order valence-electron chi connectivity index (χ4n) is 2.13. The van der Waals surface area contributed by atoms with Crippen LogP contribution in [0.4, 0.5) is 0 Å². The van der Waals surface area contributed by atoms with E-state index in [2.05, 4.69) is 13.0 Å². The van der Waals surface area contributed by atoms with Gasteiger partial charge < -0.3 is 0 Å². The highest BCUT2D eigenvalue weighted by molar-refractivity contribution is 7.84. The van der Waals surface area contributed by atoms with Crippen LogP contribution in [0.15, 0.2) is 23.1 Å². The van der Waals surface area contributed by atoms with E-state index in [9.17, 15) is 4.21 Å². The van der Waals surface area contributed by atoms with Crippen molar-refractivity contribution in [3.05, 3.63) is 29.3 Å². The topological polar surface area (TPSA) is 17.1 Å². The molecule has 2 unspecified atom stereocenters. The Balaban J connectivity index is 0.000000531. The first kappa shape index (κ1) is 12.4. The summed E-state index contributed by atoms with van der Waals surface area (Å²) in [5.41, 5.74) is 2.75. The summed E-state index contributed by atoms with van der Waals surface area (Å²) in [5.74, 6) is 0.593. The normalized spacial score (nSPS) is 20.1. The van der Waals surface area contributed by atoms with Gasteiger partial charge in [0.1, 0.15) is 0 Å². The van der Waals surface area contributed by atoms with Gasteiger partial charge in [-0.15, -0.1) is 0 Å². The highest BCUT2D eigenvalue weighted by Gasteiger charge is 2.22. The Morgan fingerprint density at radius 3 is 2.60 bits per heavy atom. The lowest BCUT2D eigenvalue weighted by molar-refractivity contribution is 0.683. The quantitative estimate of drug-likeness (QED) is 0.713. The van der Waals surface area contributed by atoms with Crippen molar-refractivity contribution in [3.63, 3.8) is 0 Å². The van der Waals surface area contributed by atoms with E-state index in [1.54, 1.807) is 6.26 Å². The second kappa shape index (κ2) is 5.45. The first-order chi connectivity index (χ1) is 7.20. The molecule has 1 aliphatic rings. The Labute approximate surface area is 95.4 Å². The van der Waals surface area contributed by atoms with E-state index < -0.39 is 10.8 Å². The molecule has 0 saturated carbocycles. The van der Waals surface area contributed by atoms with Crippen molar-refractivity contribution in [1.29, 1.82) is 0 Å². The SMILES string of the molecule is CC.CC1CCc2cccc(S(C)=O)c21. The lowest BCUT2D eigenvalue weighted by Gasteiger charge is -2.09. The summed E-state index contributed by atoms with van der Waals surface area (Å²) in [6.45, 7) is 6.22. The summed E-state index contributed by atoms with van der Waals surface area (Å²) in [6.07, 6.45) is 4.13. The van der Waals surface area contributed by atoms with E-state index in [1.165, 1.54) is 17.5 Å². The molecule has 0 spiro atoms. The van der Waals surface area contributed by atoms with Crippen molar-refractivity contribution in [3.8, 4) is 0 Å². The maximum absolute atomic E-state index is 11.5. The van der Waals surface area contributed by atoms with Crippen molar-refractivity contribution >= 4 is 10.8 Å². The number of aryl methyl sites for hydroxylation is 1. The summed E-state index contributed by atoms with van der Waals surface area (Å²) in [7, 11) is -0.831. The van der Waals surface area contributed by atoms with Crippen molar-refractivity contribution in [2.24, 2.45) is 0 Å². The molecule has 84 valence electrons. The second-order valence-corrected chi connectivity index (χ2v) is 5.07. The zero-order chi connectivity index (χ0) is 11.4. The zero-order valence-electron chi connectivity index (χ0n) is 10.0. The van der Waals surface area contributed by atoms with Crippen LogP contribution in [0, 0.1) is 0 Å². The van der Waals surface area contributed by atoms with Crippen LogP contribution in [0.5, 0.6) is 0 Å². The Kier molecular flexibility index (Phi) is 4.52. The third-order valence-corrected chi connectivity index (χ3v) is 3.78. The average molecular weight is 224 g/mol. The van der Waals surface area contributed by atoms with Crippen LogP contribution in [0.25, 0.3) is 0 Å². The van der Waals surface area contributed by atoms with Gasteiger partial charge >= 0.3 is 0 Å². The van der Waals surface area contributed by atoms with Crippen molar-refractivity contribution < 1.29 is 4.21 Å². The molecule has 0 amide bonds. The van der Waals surface area contributed by atoms with E-state index in [0.717, 1.165) is 11.3 Å². The number of rotatable bonds is 1. The first-order valence-electron chi connectivity index (χ1n) is 5.65. The monoisotopic (exact) mass is 224 g/mol. The lowest BCUT2D eigenvalue weighted by atomic mass is 10.0. The fourth-order valence-corrected chi connectivity index (χ4v) is 3.05. The fraction of sp³-hybridized carbons (Fsp3) is 0.538. The van der Waals surface area contributed by atoms with Gasteiger partial charge in [-0.3, -0.25) is 4.21 Å². The number of benzene rings is 1. The average Bonchev–Trinajstić information content (AvgIpc) is 2.63. The molecule has 0 fully saturated rings. The molecule has 2 rings (SSSR count). The van der Waals surface area contributed by atoms with Crippen LogP contribution >= 0.6 is 0 Å². The molecule has 2 heteroatoms. The van der Waals surface area contributed by atoms with E-state index in [4.69, 9.17) is 0 Å². The molecule has 0 aliphatic heterocycles. The summed E-state index contributed by atoms with van der Waals surface area (Å²) >= 11 is 0. The third kappa shape index (κ3) is 2.49. The van der Waals surface area contributed by atoms with Crippen LogP contribution in [0.3, 0.4) is 0 Å². The molecule has 1 aliphatic carbocycles. The molecular weight excluding hydrogens is 204 g/mol. The van der Waals surface area contributed by atoms with E-state index in [0.29, 0.717) is 5.92 Å². The van der Waals surface area contributed by atoms with Crippen molar-refractivity contribution in [2.75, 3.05) is 6.26 Å². The minimum Gasteiger partial charge on any atom is -0.255 e. The second-order valence-electron chi connectivity index (χ2n) is 3.72. The maximum atomic E-state index is 11.5. The lowest BCUT2D eigenvalue weighted by Crippen LogP contribution is -1.97. The summed E-state index contributed by atoms with van der Waals surface area (Å²) in [6, 6.07) is 6.18. The Morgan fingerprint density at radius 1 is 1.33 bits per heavy atom. The molecule has 0 heterocycles. The minimum atomic E-state index is -0.831. The van der Waals surface area contributed by atoms with Gasteiger partial charge in [0.2, 0.25) is 0 Å². The van der Waals surface area contributed by atoms with E-state index >= 15 is 0 Å². The van der Waals surface area contributed by atoms with Crippen molar-refractivity contribution in [1.82, 2.24) is 0 Å². The number of fused-ring (bicyclic) bond motifs is 1. The summed E-state index contributed by atoms with van der Waals surface area (Å²) < 4.78 is 11.5. The Hall–Kier alpha value is -0.630. The highest BCUT2D eigenvalue weighted by Crippen LogP contribution is 2.36. The van der Waals surface area contributed by atoms with Gasteiger partial charge in [0.25, 0.3) is 0 Å². The predicted molar refractivity (Wildman–Crippen MR) is 66.9 cm³/mol. The van der Waals surface area contributed by atoms with Crippen LogP contribution in [-0.2, 0) is 17.2 Å². The molecule has 1 aromatic rings. The zero-order valence-corrected chi connectivity index (χ0v) is 10.9. The van der Waals surface area contributed by atoms with Crippen LogP contribution in [0.1, 0.15) is 44.2 Å². The number of hydrogen-bond acceptors (Lipinski definition) is 1. The van der Waals surface area contributed by atoms with Crippen LogP contribution in [-0.4, -0.2) is 10.5 Å². The Bertz CT molecular complexity index is 358. The molecule has 0 aromatic heterocycles. The number of hydrogen-bond donors (Lipinski definition) is 0. The molecular formula is C13H20OS. The minimum absolute atomic E-state index is 0.593. The van der Waals surface area contributed by atoms with Gasteiger partial charge in [-0.05, 0) is 36.0 Å². The summed E-state index contributed by atoms with van der Waals surface area (Å²) in [4.78, 5) is 1.04. The molecule has 1 nitrogen and oxygen atoms in total. The molecule has 0 radical (unpaired) electrons. The molecule has 2 atom stereocenters. The van der Waals surface area contributed by atoms with E-state index in [1.807, 2.05) is 26.0 Å². The molecule has 15 heavy (non-hydrogen) atoms. The predicted octanol–water partition coefficient (Wildman–Crippen LogP) is 3.50. The van der Waals surface area contributed by atoms with Gasteiger partial charge in [0.05, 0.1) is 10.8 Å². The van der Waals surface area contributed by atoms with E-state index in [-0.39, 0.29) is 0 Å². The largest absolute Gasteiger partial charge is 0.255 e. The molecule has 0 N–H and O–H groups in total. The highest BCUT2D eigenvalue weighted by atomic mass is 32.2. The van der Waals surface area contributed by atoms with Gasteiger partial charge in [0.15, 0.2) is 0 Å². The molecule has 0 bridgehead atoms.